The van der Waals surface area contributed by atoms with Gasteiger partial charge in [0.05, 0.1) is 0 Å². The van der Waals surface area contributed by atoms with Crippen LogP contribution in [-0.4, -0.2) is 15.0 Å². The van der Waals surface area contributed by atoms with E-state index in [1.807, 2.05) is 6.92 Å². The average Bonchev–Trinajstić information content (AvgIpc) is 2.46. The fraction of sp³-hybridized carbons (Fsp3) is 0.778. The van der Waals surface area contributed by atoms with Crippen LogP contribution in [-0.2, 0) is 13.0 Å². The molecule has 74 valence electrons. The van der Waals surface area contributed by atoms with Gasteiger partial charge in [0.1, 0.15) is 5.69 Å². The zero-order valence-corrected chi connectivity index (χ0v) is 8.26. The molecule has 0 spiro atoms. The molecule has 0 atom stereocenters. The zero-order valence-electron chi connectivity index (χ0n) is 8.26. The molecule has 13 heavy (non-hydrogen) atoms. The summed E-state index contributed by atoms with van der Waals surface area (Å²) in [5, 5.41) is 7.56. The predicted molar refractivity (Wildman–Crippen MR) is 48.9 cm³/mol. The summed E-state index contributed by atoms with van der Waals surface area (Å²) in [6.45, 7) is 4.71. The second kappa shape index (κ2) is 4.94. The van der Waals surface area contributed by atoms with Crippen molar-refractivity contribution in [2.45, 2.75) is 46.1 Å². The van der Waals surface area contributed by atoms with Gasteiger partial charge in [0.25, 0.3) is 0 Å². The third-order valence-corrected chi connectivity index (χ3v) is 1.95. The van der Waals surface area contributed by atoms with Crippen LogP contribution in [0, 0.1) is 5.95 Å². The van der Waals surface area contributed by atoms with Crippen molar-refractivity contribution in [3.63, 3.8) is 0 Å². The molecule has 1 aromatic rings. The van der Waals surface area contributed by atoms with Crippen molar-refractivity contribution >= 4 is 0 Å². The summed E-state index contributed by atoms with van der Waals surface area (Å²) in [6.07, 6.45) is 3.58. The van der Waals surface area contributed by atoms with Crippen LogP contribution in [0.1, 0.15) is 38.8 Å². The van der Waals surface area contributed by atoms with Gasteiger partial charge >= 0.3 is 0 Å². The Morgan fingerprint density at radius 2 is 2.08 bits per heavy atom. The van der Waals surface area contributed by atoms with Gasteiger partial charge in [0.15, 0.2) is 0 Å². The van der Waals surface area contributed by atoms with E-state index in [9.17, 15) is 4.39 Å². The van der Waals surface area contributed by atoms with Crippen molar-refractivity contribution in [1.29, 1.82) is 0 Å². The summed E-state index contributed by atoms with van der Waals surface area (Å²) in [5.41, 5.74) is 0.499. The smallest absolute Gasteiger partial charge is 0.219 e. The summed E-state index contributed by atoms with van der Waals surface area (Å²) in [5.74, 6) is -0.254. The minimum atomic E-state index is -0.254. The van der Waals surface area contributed by atoms with Crippen LogP contribution in [0.25, 0.3) is 0 Å². The Morgan fingerprint density at radius 3 is 2.69 bits per heavy atom. The van der Waals surface area contributed by atoms with E-state index in [-0.39, 0.29) is 5.95 Å². The first-order chi connectivity index (χ1) is 6.29. The molecule has 3 nitrogen and oxygen atoms in total. The van der Waals surface area contributed by atoms with Gasteiger partial charge in [-0.05, 0) is 12.8 Å². The Bertz CT molecular complexity index is 257. The van der Waals surface area contributed by atoms with Gasteiger partial charge in [0.2, 0.25) is 5.95 Å². The number of hydrogen-bond acceptors (Lipinski definition) is 2. The Kier molecular flexibility index (Phi) is 3.86. The van der Waals surface area contributed by atoms with Gasteiger partial charge in [-0.25, -0.2) is 4.68 Å². The van der Waals surface area contributed by atoms with Gasteiger partial charge in [-0.3, -0.25) is 0 Å². The van der Waals surface area contributed by atoms with E-state index in [2.05, 4.69) is 17.2 Å². The molecule has 0 aliphatic carbocycles. The Balaban J connectivity index is 2.62. The molecule has 0 unspecified atom stereocenters. The highest BCUT2D eigenvalue weighted by molar-refractivity contribution is 4.95. The van der Waals surface area contributed by atoms with Crippen molar-refractivity contribution in [3.05, 3.63) is 11.6 Å². The van der Waals surface area contributed by atoms with Crippen molar-refractivity contribution in [3.8, 4) is 0 Å². The first-order valence-corrected chi connectivity index (χ1v) is 4.87. The monoisotopic (exact) mass is 185 g/mol. The number of rotatable bonds is 5. The normalized spacial score (nSPS) is 10.7. The quantitative estimate of drug-likeness (QED) is 0.703. The number of aromatic nitrogens is 3. The number of unbranched alkanes of at least 4 members (excludes halogenated alkanes) is 1. The van der Waals surface area contributed by atoms with Crippen LogP contribution in [0.15, 0.2) is 0 Å². The first kappa shape index (κ1) is 10.2. The van der Waals surface area contributed by atoms with Crippen LogP contribution < -0.4 is 0 Å². The third-order valence-electron chi connectivity index (χ3n) is 1.95. The molecule has 0 aliphatic rings. The van der Waals surface area contributed by atoms with Crippen molar-refractivity contribution in [2.24, 2.45) is 0 Å². The van der Waals surface area contributed by atoms with Gasteiger partial charge in [-0.15, -0.1) is 5.10 Å². The van der Waals surface area contributed by atoms with Gasteiger partial charge in [-0.1, -0.05) is 31.9 Å². The minimum absolute atomic E-state index is 0.254. The lowest BCUT2D eigenvalue weighted by Gasteiger charge is -1.98. The molecule has 0 aromatic carbocycles. The lowest BCUT2D eigenvalue weighted by Crippen LogP contribution is -2.03. The fourth-order valence-corrected chi connectivity index (χ4v) is 1.18. The Labute approximate surface area is 77.9 Å². The largest absolute Gasteiger partial charge is 0.234 e. The summed E-state index contributed by atoms with van der Waals surface area (Å²) >= 11 is 0. The molecule has 1 heterocycles. The maximum Gasteiger partial charge on any atom is 0.234 e. The molecule has 1 aromatic heterocycles. The van der Waals surface area contributed by atoms with Crippen molar-refractivity contribution in [2.75, 3.05) is 0 Å². The standard InChI is InChI=1S/C9H16FN3/c1-3-5-7-13-9(10)8(6-4-2)11-12-13/h3-7H2,1-2H3. The maximum absolute atomic E-state index is 13.4. The number of halogens is 1. The molecule has 0 saturated carbocycles. The van der Waals surface area contributed by atoms with E-state index in [1.54, 1.807) is 0 Å². The first-order valence-electron chi connectivity index (χ1n) is 4.87. The molecule has 0 N–H and O–H groups in total. The Hall–Kier alpha value is -0.930. The van der Waals surface area contributed by atoms with E-state index >= 15 is 0 Å². The minimum Gasteiger partial charge on any atom is -0.219 e. The number of aryl methyl sites for hydroxylation is 2. The lowest BCUT2D eigenvalue weighted by molar-refractivity contribution is 0.435. The molecule has 0 saturated heterocycles. The predicted octanol–water partition coefficient (Wildman–Crippen LogP) is 2.17. The second-order valence-electron chi connectivity index (χ2n) is 3.15. The third kappa shape index (κ3) is 2.50. The van der Waals surface area contributed by atoms with E-state index in [4.69, 9.17) is 0 Å². The van der Waals surface area contributed by atoms with E-state index in [0.717, 1.165) is 19.3 Å². The molecule has 0 fully saturated rings. The molecule has 0 aliphatic heterocycles. The molecule has 0 bridgehead atoms. The second-order valence-corrected chi connectivity index (χ2v) is 3.15. The number of nitrogens with zero attached hydrogens (tertiary/aromatic N) is 3. The highest BCUT2D eigenvalue weighted by Gasteiger charge is 2.10. The topological polar surface area (TPSA) is 30.7 Å². The maximum atomic E-state index is 13.4. The van der Waals surface area contributed by atoms with Gasteiger partial charge in [0, 0.05) is 6.54 Å². The van der Waals surface area contributed by atoms with E-state index in [1.165, 1.54) is 4.68 Å². The van der Waals surface area contributed by atoms with Crippen LogP contribution in [0.3, 0.4) is 0 Å². The number of hydrogen-bond donors (Lipinski definition) is 0. The fourth-order valence-electron chi connectivity index (χ4n) is 1.18. The van der Waals surface area contributed by atoms with Crippen LogP contribution in [0.2, 0.25) is 0 Å². The SMILES string of the molecule is CCCCn1nnc(CCC)c1F. The van der Waals surface area contributed by atoms with Crippen LogP contribution in [0.4, 0.5) is 4.39 Å². The zero-order chi connectivity index (χ0) is 9.68. The molecule has 0 radical (unpaired) electrons. The molecule has 4 heteroatoms. The van der Waals surface area contributed by atoms with E-state index in [0.29, 0.717) is 18.7 Å². The van der Waals surface area contributed by atoms with Crippen LogP contribution in [0.5, 0.6) is 0 Å². The van der Waals surface area contributed by atoms with E-state index < -0.39 is 0 Å². The average molecular weight is 185 g/mol. The van der Waals surface area contributed by atoms with Crippen molar-refractivity contribution in [1.82, 2.24) is 15.0 Å². The summed E-state index contributed by atoms with van der Waals surface area (Å²) in [7, 11) is 0. The van der Waals surface area contributed by atoms with Crippen LogP contribution >= 0.6 is 0 Å². The molecular weight excluding hydrogens is 169 g/mol. The summed E-state index contributed by atoms with van der Waals surface area (Å²) in [4.78, 5) is 0. The highest BCUT2D eigenvalue weighted by Crippen LogP contribution is 2.06. The molecular formula is C9H16FN3. The molecule has 1 rings (SSSR count). The highest BCUT2D eigenvalue weighted by atomic mass is 19.1. The lowest BCUT2D eigenvalue weighted by atomic mass is 10.3. The van der Waals surface area contributed by atoms with Gasteiger partial charge in [-0.2, -0.15) is 4.39 Å². The molecule has 0 amide bonds. The van der Waals surface area contributed by atoms with Gasteiger partial charge < -0.3 is 0 Å². The summed E-state index contributed by atoms with van der Waals surface area (Å²) < 4.78 is 14.7. The summed E-state index contributed by atoms with van der Waals surface area (Å²) in [6, 6.07) is 0. The Morgan fingerprint density at radius 1 is 1.31 bits per heavy atom. The van der Waals surface area contributed by atoms with Crippen molar-refractivity contribution < 1.29 is 4.39 Å².